The van der Waals surface area contributed by atoms with Gasteiger partial charge >= 0.3 is 0 Å². The summed E-state index contributed by atoms with van der Waals surface area (Å²) in [6.07, 6.45) is 0. The van der Waals surface area contributed by atoms with Gasteiger partial charge < -0.3 is 10.2 Å². The van der Waals surface area contributed by atoms with Crippen molar-refractivity contribution in [3.63, 3.8) is 0 Å². The van der Waals surface area contributed by atoms with Crippen molar-refractivity contribution < 1.29 is 4.42 Å². The molecule has 0 radical (unpaired) electrons. The molecule has 0 aliphatic rings. The zero-order valence-electron chi connectivity index (χ0n) is 5.54. The number of para-hydroxylation sites is 1. The average molecular weight is 213 g/mol. The second kappa shape index (κ2) is 2.23. The normalized spacial score (nSPS) is 10.6. The van der Waals surface area contributed by atoms with Crippen LogP contribution in [0.1, 0.15) is 0 Å². The number of anilines is 1. The number of oxazole rings is 1. The van der Waals surface area contributed by atoms with Crippen LogP contribution in [-0.2, 0) is 0 Å². The van der Waals surface area contributed by atoms with E-state index in [9.17, 15) is 0 Å². The molecule has 0 aliphatic carbocycles. The van der Waals surface area contributed by atoms with Crippen molar-refractivity contribution in [1.29, 1.82) is 0 Å². The van der Waals surface area contributed by atoms with E-state index in [0.29, 0.717) is 5.58 Å². The Balaban J connectivity index is 2.90. The molecule has 2 aromatic rings. The fraction of sp³-hybridized carbons (Fsp3) is 0. The van der Waals surface area contributed by atoms with E-state index in [1.807, 2.05) is 18.2 Å². The van der Waals surface area contributed by atoms with Crippen LogP contribution in [0.4, 0.5) is 6.01 Å². The second-order valence-corrected chi connectivity index (χ2v) is 2.99. The fourth-order valence-electron chi connectivity index (χ4n) is 0.932. The van der Waals surface area contributed by atoms with E-state index in [-0.39, 0.29) is 6.01 Å². The highest BCUT2D eigenvalue weighted by molar-refractivity contribution is 9.10. The molecule has 0 atom stereocenters. The molecule has 11 heavy (non-hydrogen) atoms. The lowest BCUT2D eigenvalue weighted by molar-refractivity contribution is 0.626. The predicted octanol–water partition coefficient (Wildman–Crippen LogP) is 2.17. The lowest BCUT2D eigenvalue weighted by Crippen LogP contribution is -1.80. The average Bonchev–Trinajstić information content (AvgIpc) is 2.31. The van der Waals surface area contributed by atoms with Crippen molar-refractivity contribution in [3.05, 3.63) is 22.7 Å². The molecule has 0 unspecified atom stereocenters. The fourth-order valence-corrected chi connectivity index (χ4v) is 1.37. The summed E-state index contributed by atoms with van der Waals surface area (Å²) in [5.74, 6) is 0. The number of hydrogen-bond donors (Lipinski definition) is 1. The molecule has 2 rings (SSSR count). The minimum atomic E-state index is 0.201. The lowest BCUT2D eigenvalue weighted by Gasteiger charge is -1.86. The zero-order valence-corrected chi connectivity index (χ0v) is 7.13. The number of nitrogens with two attached hydrogens (primary N) is 1. The van der Waals surface area contributed by atoms with Crippen molar-refractivity contribution in [2.45, 2.75) is 0 Å². The number of rotatable bonds is 0. The van der Waals surface area contributed by atoms with Gasteiger partial charge in [-0.1, -0.05) is 6.07 Å². The van der Waals surface area contributed by atoms with Crippen molar-refractivity contribution >= 4 is 33.0 Å². The van der Waals surface area contributed by atoms with Crippen LogP contribution in [-0.4, -0.2) is 4.98 Å². The van der Waals surface area contributed by atoms with Gasteiger partial charge in [0.1, 0.15) is 5.52 Å². The molecule has 1 aromatic heterocycles. The Morgan fingerprint density at radius 3 is 3.00 bits per heavy atom. The maximum atomic E-state index is 5.36. The quantitative estimate of drug-likeness (QED) is 0.729. The molecule has 0 fully saturated rings. The van der Waals surface area contributed by atoms with E-state index in [1.165, 1.54) is 0 Å². The van der Waals surface area contributed by atoms with Gasteiger partial charge in [0.05, 0.1) is 0 Å². The smallest absolute Gasteiger partial charge is 0.293 e. The summed E-state index contributed by atoms with van der Waals surface area (Å²) in [6, 6.07) is 5.79. The molecule has 0 bridgehead atoms. The highest BCUT2D eigenvalue weighted by Crippen LogP contribution is 2.24. The number of hydrogen-bond acceptors (Lipinski definition) is 3. The number of nitrogens with zero attached hydrogens (tertiary/aromatic N) is 1. The Hall–Kier alpha value is -1.03. The van der Waals surface area contributed by atoms with Crippen LogP contribution in [0.3, 0.4) is 0 Å². The largest absolute Gasteiger partial charge is 0.424 e. The van der Waals surface area contributed by atoms with Gasteiger partial charge in [0.25, 0.3) is 6.01 Å². The molecule has 1 heterocycles. The first-order chi connectivity index (χ1) is 5.27. The van der Waals surface area contributed by atoms with Gasteiger partial charge in [-0.05, 0) is 28.1 Å². The highest BCUT2D eigenvalue weighted by atomic mass is 79.9. The summed E-state index contributed by atoms with van der Waals surface area (Å²) < 4.78 is 5.98. The third-order valence-electron chi connectivity index (χ3n) is 1.39. The molecule has 0 saturated heterocycles. The van der Waals surface area contributed by atoms with Crippen molar-refractivity contribution in [3.8, 4) is 0 Å². The van der Waals surface area contributed by atoms with Gasteiger partial charge in [-0.25, -0.2) is 0 Å². The SMILES string of the molecule is Nc1nc2c(Br)cccc2o1. The lowest BCUT2D eigenvalue weighted by atomic mass is 10.3. The molecule has 4 heteroatoms. The summed E-state index contributed by atoms with van der Waals surface area (Å²) in [7, 11) is 0. The Labute approximate surface area is 71.3 Å². The van der Waals surface area contributed by atoms with Gasteiger partial charge in [0, 0.05) is 4.47 Å². The van der Waals surface area contributed by atoms with E-state index in [2.05, 4.69) is 20.9 Å². The second-order valence-electron chi connectivity index (χ2n) is 2.14. The topological polar surface area (TPSA) is 52.0 Å². The molecule has 0 amide bonds. The molecular weight excluding hydrogens is 208 g/mol. The molecule has 0 aliphatic heterocycles. The highest BCUT2D eigenvalue weighted by Gasteiger charge is 2.03. The molecule has 0 saturated carbocycles. The van der Waals surface area contributed by atoms with Gasteiger partial charge in [-0.2, -0.15) is 4.98 Å². The maximum Gasteiger partial charge on any atom is 0.293 e. The molecule has 3 nitrogen and oxygen atoms in total. The Kier molecular flexibility index (Phi) is 1.35. The first-order valence-electron chi connectivity index (χ1n) is 3.08. The number of benzene rings is 1. The summed E-state index contributed by atoms with van der Waals surface area (Å²) >= 11 is 3.33. The van der Waals surface area contributed by atoms with E-state index < -0.39 is 0 Å². The van der Waals surface area contributed by atoms with Gasteiger partial charge in [0.15, 0.2) is 5.58 Å². The van der Waals surface area contributed by atoms with Gasteiger partial charge in [0.2, 0.25) is 0 Å². The first kappa shape index (κ1) is 6.67. The Morgan fingerprint density at radius 1 is 1.45 bits per heavy atom. The zero-order chi connectivity index (χ0) is 7.84. The number of aromatic nitrogens is 1. The Morgan fingerprint density at radius 2 is 2.27 bits per heavy atom. The van der Waals surface area contributed by atoms with Gasteiger partial charge in [-0.15, -0.1) is 0 Å². The summed E-state index contributed by atoms with van der Waals surface area (Å²) in [5.41, 5.74) is 6.83. The monoisotopic (exact) mass is 212 g/mol. The van der Waals surface area contributed by atoms with Crippen LogP contribution in [0.2, 0.25) is 0 Å². The van der Waals surface area contributed by atoms with Crippen LogP contribution < -0.4 is 5.73 Å². The molecule has 1 aromatic carbocycles. The van der Waals surface area contributed by atoms with Crippen molar-refractivity contribution in [1.82, 2.24) is 4.98 Å². The van der Waals surface area contributed by atoms with Crippen LogP contribution in [0, 0.1) is 0 Å². The molecule has 2 N–H and O–H groups in total. The van der Waals surface area contributed by atoms with E-state index in [4.69, 9.17) is 10.2 Å². The van der Waals surface area contributed by atoms with Crippen molar-refractivity contribution in [2.24, 2.45) is 0 Å². The summed E-state index contributed by atoms with van der Waals surface area (Å²) in [5, 5.41) is 0. The molecule has 0 spiro atoms. The number of fused-ring (bicyclic) bond motifs is 1. The predicted molar refractivity (Wildman–Crippen MR) is 46.1 cm³/mol. The number of halogens is 1. The minimum absolute atomic E-state index is 0.201. The van der Waals surface area contributed by atoms with Crippen LogP contribution in [0.25, 0.3) is 11.1 Å². The third kappa shape index (κ3) is 0.991. The van der Waals surface area contributed by atoms with Crippen LogP contribution in [0.5, 0.6) is 0 Å². The van der Waals surface area contributed by atoms with E-state index >= 15 is 0 Å². The molecule has 56 valence electrons. The minimum Gasteiger partial charge on any atom is -0.424 e. The Bertz CT molecular complexity index is 396. The van der Waals surface area contributed by atoms with Gasteiger partial charge in [-0.3, -0.25) is 0 Å². The van der Waals surface area contributed by atoms with Crippen molar-refractivity contribution in [2.75, 3.05) is 5.73 Å². The standard InChI is InChI=1S/C7H5BrN2O/c8-4-2-1-3-5-6(4)10-7(9)11-5/h1-3H,(H2,9,10). The van der Waals surface area contributed by atoms with E-state index in [1.54, 1.807) is 0 Å². The first-order valence-corrected chi connectivity index (χ1v) is 3.87. The third-order valence-corrected chi connectivity index (χ3v) is 2.03. The van der Waals surface area contributed by atoms with Crippen LogP contribution >= 0.6 is 15.9 Å². The summed E-state index contributed by atoms with van der Waals surface area (Å²) in [6.45, 7) is 0. The maximum absolute atomic E-state index is 5.36. The molecular formula is C7H5BrN2O. The summed E-state index contributed by atoms with van der Waals surface area (Å²) in [4.78, 5) is 3.98. The van der Waals surface area contributed by atoms with Crippen LogP contribution in [0.15, 0.2) is 27.1 Å². The number of nitrogen functional groups attached to an aromatic ring is 1. The van der Waals surface area contributed by atoms with E-state index in [0.717, 1.165) is 9.99 Å².